The quantitative estimate of drug-likeness (QED) is 0.512. The van der Waals surface area contributed by atoms with Crippen molar-refractivity contribution in [2.24, 2.45) is 0 Å². The Morgan fingerprint density at radius 1 is 0.667 bits per heavy atom. The Bertz CT molecular complexity index is 924. The summed E-state index contributed by atoms with van der Waals surface area (Å²) in [5, 5.41) is 0. The van der Waals surface area contributed by atoms with E-state index in [1.807, 2.05) is 12.1 Å². The second-order valence-electron chi connectivity index (χ2n) is 5.74. The van der Waals surface area contributed by atoms with Crippen LogP contribution in [0.3, 0.4) is 0 Å². The van der Waals surface area contributed by atoms with E-state index in [4.69, 9.17) is 9.47 Å². The highest BCUT2D eigenvalue weighted by Gasteiger charge is 2.28. The van der Waals surface area contributed by atoms with E-state index in [2.05, 4.69) is 60.7 Å². The summed E-state index contributed by atoms with van der Waals surface area (Å²) < 4.78 is 11.2. The first-order chi connectivity index (χ1) is 11.8. The van der Waals surface area contributed by atoms with Gasteiger partial charge in [0.1, 0.15) is 0 Å². The first-order valence-corrected chi connectivity index (χ1v) is 7.95. The lowest BCUT2D eigenvalue weighted by Crippen LogP contribution is -1.95. The van der Waals surface area contributed by atoms with Gasteiger partial charge in [-0.2, -0.15) is 0 Å². The minimum Gasteiger partial charge on any atom is -0.493 e. The highest BCUT2D eigenvalue weighted by molar-refractivity contribution is 6.08. The lowest BCUT2D eigenvalue weighted by atomic mass is 10.00. The minimum atomic E-state index is 0.753. The van der Waals surface area contributed by atoms with Crippen molar-refractivity contribution in [2.45, 2.75) is 0 Å². The van der Waals surface area contributed by atoms with Gasteiger partial charge in [0.15, 0.2) is 11.5 Å². The summed E-state index contributed by atoms with van der Waals surface area (Å²) in [4.78, 5) is 0. The van der Waals surface area contributed by atoms with Gasteiger partial charge in [0, 0.05) is 5.56 Å². The zero-order valence-corrected chi connectivity index (χ0v) is 13.7. The van der Waals surface area contributed by atoms with Gasteiger partial charge in [-0.3, -0.25) is 0 Å². The Morgan fingerprint density at radius 2 is 1.38 bits per heavy atom. The second-order valence-corrected chi connectivity index (χ2v) is 5.74. The van der Waals surface area contributed by atoms with Crippen molar-refractivity contribution in [1.29, 1.82) is 0 Å². The number of fused-ring (bicyclic) bond motifs is 3. The molecular formula is C22H18O2. The average molecular weight is 314 g/mol. The van der Waals surface area contributed by atoms with Crippen LogP contribution in [0.5, 0.6) is 11.5 Å². The van der Waals surface area contributed by atoms with Crippen molar-refractivity contribution >= 4 is 11.6 Å². The van der Waals surface area contributed by atoms with E-state index in [0.29, 0.717) is 0 Å². The molecule has 2 heteroatoms. The first kappa shape index (κ1) is 14.6. The minimum absolute atomic E-state index is 0.753. The topological polar surface area (TPSA) is 18.5 Å². The van der Waals surface area contributed by atoms with E-state index >= 15 is 0 Å². The molecule has 3 aromatic rings. The molecule has 1 aliphatic carbocycles. The maximum absolute atomic E-state index is 5.71. The van der Waals surface area contributed by atoms with Crippen LogP contribution in [-0.2, 0) is 0 Å². The highest BCUT2D eigenvalue weighted by Crippen LogP contribution is 2.51. The fraction of sp³-hybridized carbons (Fsp3) is 0.0909. The zero-order valence-electron chi connectivity index (χ0n) is 13.7. The van der Waals surface area contributed by atoms with Crippen molar-refractivity contribution in [1.82, 2.24) is 0 Å². The summed E-state index contributed by atoms with van der Waals surface area (Å²) in [7, 11) is 3.37. The van der Waals surface area contributed by atoms with Crippen molar-refractivity contribution in [2.75, 3.05) is 14.2 Å². The molecule has 0 N–H and O–H groups in total. The molecule has 0 heterocycles. The number of methoxy groups -OCH3 is 2. The lowest BCUT2D eigenvalue weighted by molar-refractivity contribution is 0.354. The second kappa shape index (κ2) is 5.89. The van der Waals surface area contributed by atoms with E-state index in [1.165, 1.54) is 27.8 Å². The number of hydrogen-bond acceptors (Lipinski definition) is 2. The van der Waals surface area contributed by atoms with Crippen molar-refractivity contribution < 1.29 is 9.47 Å². The highest BCUT2D eigenvalue weighted by atomic mass is 16.5. The molecule has 0 aliphatic heterocycles. The summed E-state index contributed by atoms with van der Waals surface area (Å²) in [5.41, 5.74) is 7.08. The molecule has 4 rings (SSSR count). The van der Waals surface area contributed by atoms with Crippen LogP contribution < -0.4 is 9.47 Å². The third-order valence-electron chi connectivity index (χ3n) is 4.43. The molecule has 0 amide bonds. The Morgan fingerprint density at radius 3 is 2.08 bits per heavy atom. The maximum atomic E-state index is 5.71. The Kier molecular flexibility index (Phi) is 3.58. The lowest BCUT2D eigenvalue weighted by Gasteiger charge is -2.13. The molecule has 0 aromatic heterocycles. The average Bonchev–Trinajstić information content (AvgIpc) is 2.96. The third-order valence-corrected chi connectivity index (χ3v) is 4.43. The van der Waals surface area contributed by atoms with Gasteiger partial charge in [0.2, 0.25) is 0 Å². The molecule has 3 aromatic carbocycles. The van der Waals surface area contributed by atoms with Gasteiger partial charge >= 0.3 is 0 Å². The third kappa shape index (κ3) is 2.19. The van der Waals surface area contributed by atoms with Crippen LogP contribution in [0.4, 0.5) is 0 Å². The van der Waals surface area contributed by atoms with E-state index in [1.54, 1.807) is 14.2 Å². The van der Waals surface area contributed by atoms with E-state index in [-0.39, 0.29) is 0 Å². The smallest absolute Gasteiger partial charge is 0.169 e. The van der Waals surface area contributed by atoms with Gasteiger partial charge in [0.05, 0.1) is 14.2 Å². The predicted octanol–water partition coefficient (Wildman–Crippen LogP) is 5.27. The Labute approximate surface area is 142 Å². The summed E-state index contributed by atoms with van der Waals surface area (Å²) in [5.74, 6) is 1.54. The van der Waals surface area contributed by atoms with Gasteiger partial charge in [-0.15, -0.1) is 0 Å². The summed E-state index contributed by atoms with van der Waals surface area (Å²) in [6, 6.07) is 22.9. The molecule has 0 fully saturated rings. The number of hydrogen-bond donors (Lipinski definition) is 0. The SMILES string of the molecule is COc1ccc2c(c1OC)C(=Cc1ccccc1)c1ccccc1-2. The normalized spacial score (nSPS) is 13.5. The molecule has 0 saturated carbocycles. The molecule has 0 atom stereocenters. The van der Waals surface area contributed by atoms with Crippen LogP contribution in [0.15, 0.2) is 66.7 Å². The standard InChI is InChI=1S/C22H18O2/c1-23-20-13-12-18-16-10-6-7-11-17(16)19(21(18)22(20)24-2)14-15-8-4-3-5-9-15/h3-14H,1-2H3. The summed E-state index contributed by atoms with van der Waals surface area (Å²) >= 11 is 0. The molecule has 0 unspecified atom stereocenters. The fourth-order valence-electron chi connectivity index (χ4n) is 3.37. The monoisotopic (exact) mass is 314 g/mol. The Balaban J connectivity index is 2.03. The molecule has 2 nitrogen and oxygen atoms in total. The molecule has 0 spiro atoms. The number of ether oxygens (including phenoxy) is 2. The first-order valence-electron chi connectivity index (χ1n) is 7.95. The van der Waals surface area contributed by atoms with Gasteiger partial charge in [-0.05, 0) is 46.0 Å². The van der Waals surface area contributed by atoms with E-state index < -0.39 is 0 Å². The van der Waals surface area contributed by atoms with Crippen molar-refractivity contribution in [3.8, 4) is 22.6 Å². The number of benzene rings is 3. The molecule has 24 heavy (non-hydrogen) atoms. The summed E-state index contributed by atoms with van der Waals surface area (Å²) in [6.45, 7) is 0. The Hall–Kier alpha value is -3.00. The van der Waals surface area contributed by atoms with Crippen LogP contribution in [0, 0.1) is 0 Å². The van der Waals surface area contributed by atoms with Crippen LogP contribution >= 0.6 is 0 Å². The van der Waals surface area contributed by atoms with Crippen molar-refractivity contribution in [3.63, 3.8) is 0 Å². The van der Waals surface area contributed by atoms with E-state index in [9.17, 15) is 0 Å². The predicted molar refractivity (Wildman–Crippen MR) is 98.4 cm³/mol. The van der Waals surface area contributed by atoms with Crippen molar-refractivity contribution in [3.05, 3.63) is 83.4 Å². The summed E-state index contributed by atoms with van der Waals surface area (Å²) in [6.07, 6.45) is 2.21. The van der Waals surface area contributed by atoms with Crippen LogP contribution in [0.1, 0.15) is 16.7 Å². The van der Waals surface area contributed by atoms with Crippen LogP contribution in [0.2, 0.25) is 0 Å². The number of rotatable bonds is 3. The fourth-order valence-corrected chi connectivity index (χ4v) is 3.37. The van der Waals surface area contributed by atoms with Gasteiger partial charge in [-0.1, -0.05) is 54.6 Å². The molecule has 118 valence electrons. The molecule has 0 radical (unpaired) electrons. The molecular weight excluding hydrogens is 296 g/mol. The van der Waals surface area contributed by atoms with Crippen LogP contribution in [0.25, 0.3) is 22.8 Å². The van der Waals surface area contributed by atoms with Gasteiger partial charge in [-0.25, -0.2) is 0 Å². The molecule has 0 bridgehead atoms. The van der Waals surface area contributed by atoms with Crippen LogP contribution in [-0.4, -0.2) is 14.2 Å². The van der Waals surface area contributed by atoms with Gasteiger partial charge in [0.25, 0.3) is 0 Å². The molecule has 0 saturated heterocycles. The largest absolute Gasteiger partial charge is 0.493 e. The maximum Gasteiger partial charge on any atom is 0.169 e. The molecule has 1 aliphatic rings. The zero-order chi connectivity index (χ0) is 16.5. The van der Waals surface area contributed by atoms with Gasteiger partial charge < -0.3 is 9.47 Å². The van der Waals surface area contributed by atoms with E-state index in [0.717, 1.165) is 17.1 Å².